The van der Waals surface area contributed by atoms with Crippen molar-refractivity contribution in [3.63, 3.8) is 0 Å². The number of carbonyl (C=O) groups is 3. The molecule has 0 aromatic rings. The molecule has 2 N–H and O–H groups in total. The highest BCUT2D eigenvalue weighted by Crippen LogP contribution is 2.27. The van der Waals surface area contributed by atoms with Gasteiger partial charge in [-0.15, -0.1) is 0 Å². The zero-order valence-corrected chi connectivity index (χ0v) is 12.2. The fraction of sp³-hybridized carbons (Fsp3) is 0.786. The van der Waals surface area contributed by atoms with Gasteiger partial charge in [0.05, 0.1) is 6.54 Å². The summed E-state index contributed by atoms with van der Waals surface area (Å²) >= 11 is 0. The maximum Gasteiger partial charge on any atom is 0.322 e. The lowest BCUT2D eigenvalue weighted by atomic mass is 9.96. The first-order chi connectivity index (χ1) is 9.52. The normalized spacial score (nSPS) is 25.4. The van der Waals surface area contributed by atoms with Crippen LogP contribution in [-0.4, -0.2) is 41.4 Å². The number of hydrogen-bond donors (Lipinski definition) is 2. The lowest BCUT2D eigenvalue weighted by molar-refractivity contribution is -0.135. The van der Waals surface area contributed by atoms with Crippen LogP contribution >= 0.6 is 0 Å². The average Bonchev–Trinajstić information content (AvgIpc) is 2.94. The summed E-state index contributed by atoms with van der Waals surface area (Å²) in [5.74, 6) is -0.139. The summed E-state index contributed by atoms with van der Waals surface area (Å²) in [7, 11) is 0. The summed E-state index contributed by atoms with van der Waals surface area (Å²) in [5, 5.41) is 4.93. The van der Waals surface area contributed by atoms with Gasteiger partial charge >= 0.3 is 6.03 Å². The van der Waals surface area contributed by atoms with Crippen molar-refractivity contribution in [1.82, 2.24) is 15.5 Å². The number of hydrogen-bond acceptors (Lipinski definition) is 3. The summed E-state index contributed by atoms with van der Waals surface area (Å²) < 4.78 is 0. The van der Waals surface area contributed by atoms with Gasteiger partial charge in [-0.3, -0.25) is 14.9 Å². The van der Waals surface area contributed by atoms with Crippen LogP contribution in [0.3, 0.4) is 0 Å². The molecule has 0 aromatic heterocycles. The molecule has 0 saturated carbocycles. The fourth-order valence-corrected chi connectivity index (χ4v) is 3.16. The molecule has 1 atom stereocenters. The third-order valence-corrected chi connectivity index (χ3v) is 4.22. The molecule has 112 valence electrons. The Hall–Kier alpha value is -1.59. The molecular weight excluding hydrogens is 258 g/mol. The molecule has 0 bridgehead atoms. The largest absolute Gasteiger partial charge is 0.339 e. The van der Waals surface area contributed by atoms with Crippen LogP contribution < -0.4 is 10.6 Å². The molecule has 6 nitrogen and oxygen atoms in total. The number of likely N-dealkylation sites (tertiary alicyclic amines) is 1. The van der Waals surface area contributed by atoms with Crippen molar-refractivity contribution in [2.45, 2.75) is 51.5 Å². The summed E-state index contributed by atoms with van der Waals surface area (Å²) in [5.41, 5.74) is -0.893. The standard InChI is InChI=1S/C14H23N3O3/c1-3-5-10(6-4-2)11(18)17-8-7-14(9-17)12(19)15-13(20)16-14/h10H,3-9H2,1-2H3,(H2,15,16,19,20). The highest BCUT2D eigenvalue weighted by atomic mass is 16.2. The number of amides is 4. The number of nitrogens with zero attached hydrogens (tertiary/aromatic N) is 1. The maximum atomic E-state index is 12.5. The van der Waals surface area contributed by atoms with E-state index in [0.29, 0.717) is 19.5 Å². The number of rotatable bonds is 5. The molecule has 2 aliphatic heterocycles. The predicted molar refractivity (Wildman–Crippen MR) is 73.9 cm³/mol. The zero-order chi connectivity index (χ0) is 14.8. The molecule has 20 heavy (non-hydrogen) atoms. The van der Waals surface area contributed by atoms with Gasteiger partial charge in [-0.05, 0) is 19.3 Å². The van der Waals surface area contributed by atoms with Gasteiger partial charge in [0.1, 0.15) is 5.54 Å². The van der Waals surface area contributed by atoms with Crippen molar-refractivity contribution in [2.24, 2.45) is 5.92 Å². The van der Waals surface area contributed by atoms with E-state index in [9.17, 15) is 14.4 Å². The molecule has 2 saturated heterocycles. The van der Waals surface area contributed by atoms with E-state index < -0.39 is 11.6 Å². The van der Waals surface area contributed by atoms with E-state index >= 15 is 0 Å². The molecule has 1 unspecified atom stereocenters. The predicted octanol–water partition coefficient (Wildman–Crippen LogP) is 1.01. The van der Waals surface area contributed by atoms with Gasteiger partial charge in [-0.2, -0.15) is 0 Å². The molecule has 2 rings (SSSR count). The van der Waals surface area contributed by atoms with Crippen LogP contribution in [0.25, 0.3) is 0 Å². The van der Waals surface area contributed by atoms with E-state index in [1.807, 2.05) is 0 Å². The smallest absolute Gasteiger partial charge is 0.322 e. The van der Waals surface area contributed by atoms with Gasteiger partial charge in [-0.25, -0.2) is 4.79 Å². The second kappa shape index (κ2) is 5.81. The Morgan fingerprint density at radius 3 is 2.45 bits per heavy atom. The molecule has 0 aromatic carbocycles. The molecular formula is C14H23N3O3. The van der Waals surface area contributed by atoms with Crippen LogP contribution in [0.1, 0.15) is 46.0 Å². The zero-order valence-electron chi connectivity index (χ0n) is 12.2. The summed E-state index contributed by atoms with van der Waals surface area (Å²) in [4.78, 5) is 37.4. The average molecular weight is 281 g/mol. The van der Waals surface area contributed by atoms with Crippen LogP contribution in [-0.2, 0) is 9.59 Å². The Morgan fingerprint density at radius 2 is 1.95 bits per heavy atom. The van der Waals surface area contributed by atoms with E-state index in [1.165, 1.54) is 0 Å². The summed E-state index contributed by atoms with van der Waals surface area (Å²) in [6, 6.07) is -0.456. The highest BCUT2D eigenvalue weighted by molar-refractivity contribution is 6.07. The van der Waals surface area contributed by atoms with Crippen LogP contribution in [0, 0.1) is 5.92 Å². The number of carbonyl (C=O) groups excluding carboxylic acids is 3. The molecule has 4 amide bonds. The summed E-state index contributed by atoms with van der Waals surface area (Å²) in [6.07, 6.45) is 4.23. The SMILES string of the molecule is CCCC(CCC)C(=O)N1CCC2(C1)NC(=O)NC2=O. The van der Waals surface area contributed by atoms with E-state index in [4.69, 9.17) is 0 Å². The number of imide groups is 1. The minimum absolute atomic E-state index is 0.0420. The van der Waals surface area contributed by atoms with Gasteiger partial charge in [0.2, 0.25) is 5.91 Å². The summed E-state index contributed by atoms with van der Waals surface area (Å²) in [6.45, 7) is 4.99. The van der Waals surface area contributed by atoms with Gasteiger partial charge < -0.3 is 10.2 Å². The fourth-order valence-electron chi connectivity index (χ4n) is 3.16. The van der Waals surface area contributed by atoms with Crippen molar-refractivity contribution in [2.75, 3.05) is 13.1 Å². The molecule has 2 aliphatic rings. The Bertz CT molecular complexity index is 418. The maximum absolute atomic E-state index is 12.5. The Balaban J connectivity index is 2.03. The third-order valence-electron chi connectivity index (χ3n) is 4.22. The topological polar surface area (TPSA) is 78.5 Å². The van der Waals surface area contributed by atoms with Crippen LogP contribution in [0.15, 0.2) is 0 Å². The monoisotopic (exact) mass is 281 g/mol. The molecule has 2 fully saturated rings. The van der Waals surface area contributed by atoms with Crippen molar-refractivity contribution in [1.29, 1.82) is 0 Å². The Morgan fingerprint density at radius 1 is 1.30 bits per heavy atom. The molecule has 1 spiro atoms. The number of nitrogens with one attached hydrogen (secondary N) is 2. The first kappa shape index (κ1) is 14.8. The first-order valence-corrected chi connectivity index (χ1v) is 7.44. The van der Waals surface area contributed by atoms with Crippen LogP contribution in [0.2, 0.25) is 0 Å². The van der Waals surface area contributed by atoms with E-state index in [1.54, 1.807) is 4.90 Å². The number of urea groups is 1. The van der Waals surface area contributed by atoms with Crippen molar-refractivity contribution < 1.29 is 14.4 Å². The van der Waals surface area contributed by atoms with Gasteiger partial charge in [-0.1, -0.05) is 26.7 Å². The van der Waals surface area contributed by atoms with E-state index in [2.05, 4.69) is 24.5 Å². The first-order valence-electron chi connectivity index (χ1n) is 7.44. The quantitative estimate of drug-likeness (QED) is 0.738. The molecule has 2 heterocycles. The van der Waals surface area contributed by atoms with Crippen molar-refractivity contribution in [3.8, 4) is 0 Å². The van der Waals surface area contributed by atoms with Gasteiger partial charge in [0.25, 0.3) is 5.91 Å². The van der Waals surface area contributed by atoms with Crippen molar-refractivity contribution in [3.05, 3.63) is 0 Å². The minimum Gasteiger partial charge on any atom is -0.339 e. The van der Waals surface area contributed by atoms with Crippen LogP contribution in [0.5, 0.6) is 0 Å². The highest BCUT2D eigenvalue weighted by Gasteiger charge is 2.51. The lowest BCUT2D eigenvalue weighted by Gasteiger charge is -2.25. The van der Waals surface area contributed by atoms with Crippen LogP contribution in [0.4, 0.5) is 4.79 Å². The van der Waals surface area contributed by atoms with Gasteiger partial charge in [0.15, 0.2) is 0 Å². The second-order valence-corrected chi connectivity index (χ2v) is 5.77. The Kier molecular flexibility index (Phi) is 4.30. The van der Waals surface area contributed by atoms with E-state index in [-0.39, 0.29) is 17.7 Å². The molecule has 0 aliphatic carbocycles. The third kappa shape index (κ3) is 2.64. The lowest BCUT2D eigenvalue weighted by Crippen LogP contribution is -2.50. The van der Waals surface area contributed by atoms with E-state index in [0.717, 1.165) is 25.7 Å². The molecule has 0 radical (unpaired) electrons. The van der Waals surface area contributed by atoms with Crippen molar-refractivity contribution >= 4 is 17.8 Å². The Labute approximate surface area is 119 Å². The molecule has 6 heteroatoms. The minimum atomic E-state index is -0.893. The van der Waals surface area contributed by atoms with Gasteiger partial charge in [0, 0.05) is 12.5 Å². The second-order valence-electron chi connectivity index (χ2n) is 5.77.